The number of nitrogens with one attached hydrogen (secondary N) is 1. The molecule has 2 amide bonds. The number of likely N-dealkylation sites (N-methyl/N-ethyl adjacent to an activating group) is 1. The summed E-state index contributed by atoms with van der Waals surface area (Å²) >= 11 is 0. The Balaban J connectivity index is 1.66. The molecule has 0 bridgehead atoms. The molecule has 32 heavy (non-hydrogen) atoms. The van der Waals surface area contributed by atoms with Crippen LogP contribution in [0.2, 0.25) is 0 Å². The lowest BCUT2D eigenvalue weighted by atomic mass is 9.93. The van der Waals surface area contributed by atoms with Crippen LogP contribution in [0.15, 0.2) is 34.6 Å². The fourth-order valence-electron chi connectivity index (χ4n) is 4.24. The summed E-state index contributed by atoms with van der Waals surface area (Å²) in [6.45, 7) is 4.24. The van der Waals surface area contributed by atoms with Crippen LogP contribution >= 0.6 is 0 Å². The van der Waals surface area contributed by atoms with E-state index < -0.39 is 18.1 Å². The molecule has 1 saturated carbocycles. The second-order valence-corrected chi connectivity index (χ2v) is 7.71. The Morgan fingerprint density at radius 3 is 2.56 bits per heavy atom. The molecule has 2 aliphatic rings. The molecular formula is C22H31N5O5. The maximum absolute atomic E-state index is 12.7. The van der Waals surface area contributed by atoms with Crippen molar-refractivity contribution in [2.24, 2.45) is 16.6 Å². The SMILES string of the molecule is CCOc1ccc(OCC)c(NC(=O)CO/N=C(/N)C2=C(N)C3(CCCC3)N(C)C2=O)c1. The second kappa shape index (κ2) is 9.80. The molecule has 1 aliphatic carbocycles. The van der Waals surface area contributed by atoms with E-state index in [4.69, 9.17) is 25.8 Å². The van der Waals surface area contributed by atoms with Crippen LogP contribution in [-0.2, 0) is 14.4 Å². The number of nitrogens with two attached hydrogens (primary N) is 2. The summed E-state index contributed by atoms with van der Waals surface area (Å²) in [5.74, 6) is 0.213. The molecule has 1 aromatic rings. The van der Waals surface area contributed by atoms with Crippen molar-refractivity contribution in [3.63, 3.8) is 0 Å². The lowest BCUT2D eigenvalue weighted by molar-refractivity contribution is -0.127. The first-order valence-corrected chi connectivity index (χ1v) is 10.8. The van der Waals surface area contributed by atoms with Gasteiger partial charge in [0.15, 0.2) is 12.4 Å². The van der Waals surface area contributed by atoms with E-state index >= 15 is 0 Å². The van der Waals surface area contributed by atoms with E-state index in [2.05, 4.69) is 10.5 Å². The van der Waals surface area contributed by atoms with Gasteiger partial charge in [-0.25, -0.2) is 0 Å². The van der Waals surface area contributed by atoms with Crippen molar-refractivity contribution < 1.29 is 23.9 Å². The summed E-state index contributed by atoms with van der Waals surface area (Å²) in [4.78, 5) is 31.8. The number of oxime groups is 1. The number of ether oxygens (including phenoxy) is 2. The quantitative estimate of drug-likeness (QED) is 0.298. The number of hydrogen-bond donors (Lipinski definition) is 3. The van der Waals surface area contributed by atoms with Gasteiger partial charge in [0, 0.05) is 13.1 Å². The molecule has 0 aromatic heterocycles. The summed E-state index contributed by atoms with van der Waals surface area (Å²) in [6.07, 6.45) is 3.58. The topological polar surface area (TPSA) is 142 Å². The summed E-state index contributed by atoms with van der Waals surface area (Å²) in [6, 6.07) is 5.15. The van der Waals surface area contributed by atoms with Gasteiger partial charge in [-0.3, -0.25) is 9.59 Å². The third-order valence-corrected chi connectivity index (χ3v) is 5.81. The molecule has 1 aliphatic heterocycles. The molecule has 174 valence electrons. The molecule has 0 atom stereocenters. The fraction of sp³-hybridized carbons (Fsp3) is 0.500. The minimum Gasteiger partial charge on any atom is -0.494 e. The largest absolute Gasteiger partial charge is 0.494 e. The van der Waals surface area contributed by atoms with Gasteiger partial charge < -0.3 is 36.0 Å². The van der Waals surface area contributed by atoms with Crippen molar-refractivity contribution in [1.82, 2.24) is 4.90 Å². The lowest BCUT2D eigenvalue weighted by Gasteiger charge is -2.33. The van der Waals surface area contributed by atoms with E-state index in [1.807, 2.05) is 13.8 Å². The van der Waals surface area contributed by atoms with Crippen molar-refractivity contribution in [1.29, 1.82) is 0 Å². The van der Waals surface area contributed by atoms with Gasteiger partial charge in [0.1, 0.15) is 17.1 Å². The molecule has 10 heteroatoms. The summed E-state index contributed by atoms with van der Waals surface area (Å²) in [5.41, 5.74) is 12.8. The van der Waals surface area contributed by atoms with Gasteiger partial charge >= 0.3 is 0 Å². The number of benzene rings is 1. The van der Waals surface area contributed by atoms with Gasteiger partial charge in [0.25, 0.3) is 11.8 Å². The predicted molar refractivity (Wildman–Crippen MR) is 120 cm³/mol. The van der Waals surface area contributed by atoms with Crippen LogP contribution in [0.5, 0.6) is 11.5 Å². The number of hydrogen-bond acceptors (Lipinski definition) is 7. The van der Waals surface area contributed by atoms with Crippen LogP contribution in [0.1, 0.15) is 39.5 Å². The second-order valence-electron chi connectivity index (χ2n) is 7.71. The third-order valence-electron chi connectivity index (χ3n) is 5.81. The minimum absolute atomic E-state index is 0.135. The predicted octanol–water partition coefficient (Wildman–Crippen LogP) is 1.71. The molecule has 0 saturated heterocycles. The van der Waals surface area contributed by atoms with Gasteiger partial charge in [-0.05, 0) is 38.8 Å². The number of anilines is 1. The maximum Gasteiger partial charge on any atom is 0.265 e. The molecular weight excluding hydrogens is 414 g/mol. The molecule has 1 heterocycles. The van der Waals surface area contributed by atoms with E-state index in [1.165, 1.54) is 0 Å². The highest BCUT2D eigenvalue weighted by atomic mass is 16.6. The first-order valence-electron chi connectivity index (χ1n) is 10.8. The number of carbonyl (C=O) groups excluding carboxylic acids is 2. The Hall–Kier alpha value is -3.43. The molecule has 1 spiro atoms. The third kappa shape index (κ3) is 4.44. The number of nitrogens with zero attached hydrogens (tertiary/aromatic N) is 2. The van der Waals surface area contributed by atoms with Crippen LogP contribution in [0.25, 0.3) is 0 Å². The zero-order valence-electron chi connectivity index (χ0n) is 18.8. The number of amidine groups is 1. The molecule has 3 rings (SSSR count). The molecule has 1 fully saturated rings. The minimum atomic E-state index is -0.495. The van der Waals surface area contributed by atoms with Crippen molar-refractivity contribution in [2.75, 3.05) is 32.2 Å². The molecule has 0 unspecified atom stereocenters. The maximum atomic E-state index is 12.7. The Morgan fingerprint density at radius 1 is 1.22 bits per heavy atom. The van der Waals surface area contributed by atoms with Gasteiger partial charge in [0.05, 0.1) is 30.1 Å². The van der Waals surface area contributed by atoms with E-state index in [-0.39, 0.29) is 17.3 Å². The summed E-state index contributed by atoms with van der Waals surface area (Å²) in [5, 5.41) is 6.49. The highest BCUT2D eigenvalue weighted by Gasteiger charge is 2.51. The Kier molecular flexibility index (Phi) is 7.12. The van der Waals surface area contributed by atoms with Gasteiger partial charge in [-0.1, -0.05) is 18.0 Å². The van der Waals surface area contributed by atoms with Crippen molar-refractivity contribution in [3.05, 3.63) is 29.5 Å². The smallest absolute Gasteiger partial charge is 0.265 e. The summed E-state index contributed by atoms with van der Waals surface area (Å²) < 4.78 is 11.0. The normalized spacial score (nSPS) is 17.8. The number of carbonyl (C=O) groups is 2. The number of amides is 2. The average molecular weight is 446 g/mol. The van der Waals surface area contributed by atoms with Crippen LogP contribution in [-0.4, -0.2) is 55.0 Å². The van der Waals surface area contributed by atoms with Crippen molar-refractivity contribution in [3.8, 4) is 11.5 Å². The van der Waals surface area contributed by atoms with Crippen LogP contribution in [0.4, 0.5) is 5.69 Å². The average Bonchev–Trinajstić information content (AvgIpc) is 3.32. The van der Waals surface area contributed by atoms with Crippen LogP contribution in [0.3, 0.4) is 0 Å². The summed E-state index contributed by atoms with van der Waals surface area (Å²) in [7, 11) is 1.72. The first kappa shape index (κ1) is 23.2. The molecule has 1 aromatic carbocycles. The van der Waals surface area contributed by atoms with Gasteiger partial charge in [-0.15, -0.1) is 0 Å². The monoisotopic (exact) mass is 445 g/mol. The Labute approximate surface area is 187 Å². The van der Waals surface area contributed by atoms with E-state index in [1.54, 1.807) is 30.1 Å². The van der Waals surface area contributed by atoms with Crippen molar-refractivity contribution in [2.45, 2.75) is 45.1 Å². The fourth-order valence-corrected chi connectivity index (χ4v) is 4.24. The van der Waals surface area contributed by atoms with Gasteiger partial charge in [0.2, 0.25) is 0 Å². The first-order chi connectivity index (χ1) is 15.3. The van der Waals surface area contributed by atoms with E-state index in [0.29, 0.717) is 36.1 Å². The highest BCUT2D eigenvalue weighted by molar-refractivity contribution is 6.22. The number of rotatable bonds is 9. The molecule has 0 radical (unpaired) electrons. The Morgan fingerprint density at radius 2 is 1.91 bits per heavy atom. The van der Waals surface area contributed by atoms with Crippen LogP contribution in [0, 0.1) is 0 Å². The zero-order chi connectivity index (χ0) is 23.3. The lowest BCUT2D eigenvalue weighted by Crippen LogP contribution is -2.45. The standard InChI is InChI=1S/C22H31N5O5/c1-4-30-14-8-9-16(31-5-2)15(12-14)25-17(28)13-32-26-20(24)18-19(23)22(10-6-7-11-22)27(3)21(18)29/h8-9,12H,4-7,10-11,13,23H2,1-3H3,(H2,24,26)(H,25,28). The van der Waals surface area contributed by atoms with Crippen molar-refractivity contribution >= 4 is 23.3 Å². The molecule has 5 N–H and O–H groups in total. The Bertz CT molecular complexity index is 937. The van der Waals surface area contributed by atoms with E-state index in [0.717, 1.165) is 25.7 Å². The highest BCUT2D eigenvalue weighted by Crippen LogP contribution is 2.44. The zero-order valence-corrected chi connectivity index (χ0v) is 18.8. The van der Waals surface area contributed by atoms with Crippen LogP contribution < -0.4 is 26.3 Å². The van der Waals surface area contributed by atoms with E-state index in [9.17, 15) is 9.59 Å². The molecule has 10 nitrogen and oxygen atoms in total. The van der Waals surface area contributed by atoms with Gasteiger partial charge in [-0.2, -0.15) is 0 Å².